The Balaban J connectivity index is 1.47. The zero-order valence-electron chi connectivity index (χ0n) is 17.9. The topological polar surface area (TPSA) is 86.8 Å². The molecule has 2 amide bonds. The highest BCUT2D eigenvalue weighted by Gasteiger charge is 2.30. The molecule has 0 bridgehead atoms. The van der Waals surface area contributed by atoms with Gasteiger partial charge in [-0.25, -0.2) is 17.2 Å². The van der Waals surface area contributed by atoms with E-state index in [0.29, 0.717) is 5.02 Å². The Labute approximate surface area is 196 Å². The summed E-state index contributed by atoms with van der Waals surface area (Å²) in [5, 5.41) is 3.03. The SMILES string of the molecule is C[C@@H](NC(=O)CCC(=O)N1CCN(S(=O)(=O)c2ccc(Cl)cc2)CC1)c1ccc(F)cc1F. The highest BCUT2D eigenvalue weighted by Crippen LogP contribution is 2.21. The van der Waals surface area contributed by atoms with Gasteiger partial charge in [-0.15, -0.1) is 0 Å². The molecule has 7 nitrogen and oxygen atoms in total. The average molecular weight is 500 g/mol. The molecule has 0 saturated carbocycles. The summed E-state index contributed by atoms with van der Waals surface area (Å²) in [5.74, 6) is -2.18. The van der Waals surface area contributed by atoms with Crippen molar-refractivity contribution in [2.75, 3.05) is 26.2 Å². The highest BCUT2D eigenvalue weighted by atomic mass is 35.5. The van der Waals surface area contributed by atoms with Crippen LogP contribution in [0, 0.1) is 11.6 Å². The normalized spacial score (nSPS) is 15.8. The third kappa shape index (κ3) is 6.27. The van der Waals surface area contributed by atoms with Crippen LogP contribution in [-0.4, -0.2) is 55.6 Å². The molecule has 1 N–H and O–H groups in total. The van der Waals surface area contributed by atoms with Crippen molar-refractivity contribution in [1.29, 1.82) is 0 Å². The molecule has 0 spiro atoms. The lowest BCUT2D eigenvalue weighted by molar-refractivity contribution is -0.134. The summed E-state index contributed by atoms with van der Waals surface area (Å²) in [6.07, 6.45) is -0.163. The number of piperazine rings is 1. The summed E-state index contributed by atoms with van der Waals surface area (Å²) >= 11 is 5.81. The molecule has 0 unspecified atom stereocenters. The molecule has 1 heterocycles. The number of sulfonamides is 1. The highest BCUT2D eigenvalue weighted by molar-refractivity contribution is 7.89. The minimum Gasteiger partial charge on any atom is -0.349 e. The molecule has 0 aliphatic carbocycles. The number of carbonyl (C=O) groups is 2. The Morgan fingerprint density at radius 2 is 1.67 bits per heavy atom. The van der Waals surface area contributed by atoms with Gasteiger partial charge in [0.05, 0.1) is 10.9 Å². The van der Waals surface area contributed by atoms with E-state index in [2.05, 4.69) is 5.32 Å². The van der Waals surface area contributed by atoms with E-state index in [1.165, 1.54) is 39.5 Å². The van der Waals surface area contributed by atoms with Crippen molar-refractivity contribution < 1.29 is 26.8 Å². The van der Waals surface area contributed by atoms with Gasteiger partial charge in [-0.05, 0) is 37.3 Å². The van der Waals surface area contributed by atoms with E-state index in [9.17, 15) is 26.8 Å². The maximum Gasteiger partial charge on any atom is 0.243 e. The number of nitrogens with one attached hydrogen (secondary N) is 1. The minimum atomic E-state index is -3.68. The first-order valence-corrected chi connectivity index (χ1v) is 12.2. The minimum absolute atomic E-state index is 0.0611. The van der Waals surface area contributed by atoms with E-state index in [1.807, 2.05) is 0 Å². The number of carbonyl (C=O) groups excluding carboxylic acids is 2. The van der Waals surface area contributed by atoms with Crippen molar-refractivity contribution in [1.82, 2.24) is 14.5 Å². The van der Waals surface area contributed by atoms with E-state index in [1.54, 1.807) is 6.92 Å². The largest absolute Gasteiger partial charge is 0.349 e. The summed E-state index contributed by atoms with van der Waals surface area (Å²) in [6.45, 7) is 2.28. The number of hydrogen-bond donors (Lipinski definition) is 1. The molecule has 11 heteroatoms. The molecule has 1 aliphatic rings. The fraction of sp³-hybridized carbons (Fsp3) is 0.364. The summed E-state index contributed by atoms with van der Waals surface area (Å²) < 4.78 is 53.7. The van der Waals surface area contributed by atoms with Crippen molar-refractivity contribution in [2.45, 2.75) is 30.7 Å². The van der Waals surface area contributed by atoms with Gasteiger partial charge in [0.25, 0.3) is 0 Å². The van der Waals surface area contributed by atoms with Crippen LogP contribution in [-0.2, 0) is 19.6 Å². The molecule has 33 heavy (non-hydrogen) atoms. The van der Waals surface area contributed by atoms with Crippen LogP contribution in [0.1, 0.15) is 31.4 Å². The first kappa shape index (κ1) is 25.1. The molecular formula is C22H24ClF2N3O4S. The van der Waals surface area contributed by atoms with Gasteiger partial charge in [0, 0.05) is 55.7 Å². The second-order valence-electron chi connectivity index (χ2n) is 7.69. The number of halogens is 3. The van der Waals surface area contributed by atoms with Gasteiger partial charge in [-0.3, -0.25) is 9.59 Å². The van der Waals surface area contributed by atoms with Crippen molar-refractivity contribution in [3.8, 4) is 0 Å². The van der Waals surface area contributed by atoms with Gasteiger partial charge in [-0.2, -0.15) is 4.31 Å². The molecule has 1 aliphatic heterocycles. The molecule has 2 aromatic carbocycles. The van der Waals surface area contributed by atoms with E-state index >= 15 is 0 Å². The maximum atomic E-state index is 13.8. The van der Waals surface area contributed by atoms with Crippen LogP contribution >= 0.6 is 11.6 Å². The first-order valence-electron chi connectivity index (χ1n) is 10.4. The van der Waals surface area contributed by atoms with Gasteiger partial charge in [-0.1, -0.05) is 17.7 Å². The summed E-state index contributed by atoms with van der Waals surface area (Å²) in [5.41, 5.74) is 0.147. The molecule has 3 rings (SSSR count). The molecule has 1 atom stereocenters. The third-order valence-electron chi connectivity index (χ3n) is 5.42. The van der Waals surface area contributed by atoms with Crippen molar-refractivity contribution in [2.24, 2.45) is 0 Å². The first-order chi connectivity index (χ1) is 15.6. The van der Waals surface area contributed by atoms with Crippen LogP contribution in [0.2, 0.25) is 5.02 Å². The van der Waals surface area contributed by atoms with Crippen LogP contribution in [0.4, 0.5) is 8.78 Å². The zero-order valence-corrected chi connectivity index (χ0v) is 19.5. The Morgan fingerprint density at radius 3 is 2.27 bits per heavy atom. The van der Waals surface area contributed by atoms with Crippen LogP contribution in [0.3, 0.4) is 0 Å². The van der Waals surface area contributed by atoms with Crippen LogP contribution in [0.15, 0.2) is 47.4 Å². The van der Waals surface area contributed by atoms with Gasteiger partial charge < -0.3 is 10.2 Å². The van der Waals surface area contributed by atoms with Gasteiger partial charge in [0.15, 0.2) is 0 Å². The quantitative estimate of drug-likeness (QED) is 0.634. The standard InChI is InChI=1S/C22H24ClF2N3O4S/c1-15(19-7-4-17(24)14-20(19)25)26-21(29)8-9-22(30)27-10-12-28(13-11-27)33(31,32)18-5-2-16(23)3-6-18/h2-7,14-15H,8-13H2,1H3,(H,26,29)/t15-/m1/s1. The zero-order chi connectivity index (χ0) is 24.2. The number of benzene rings is 2. The second kappa shape index (κ2) is 10.6. The Hall–Kier alpha value is -2.56. The molecule has 1 fully saturated rings. The molecule has 178 valence electrons. The van der Waals surface area contributed by atoms with Crippen LogP contribution < -0.4 is 5.32 Å². The number of nitrogens with zero attached hydrogens (tertiary/aromatic N) is 2. The van der Waals surface area contributed by atoms with Crippen molar-refractivity contribution in [3.05, 3.63) is 64.7 Å². The van der Waals surface area contributed by atoms with E-state index < -0.39 is 33.6 Å². The van der Waals surface area contributed by atoms with E-state index in [0.717, 1.165) is 12.1 Å². The van der Waals surface area contributed by atoms with E-state index in [4.69, 9.17) is 11.6 Å². The van der Waals surface area contributed by atoms with Crippen molar-refractivity contribution in [3.63, 3.8) is 0 Å². The molecule has 0 aromatic heterocycles. The molecule has 2 aromatic rings. The number of amides is 2. The fourth-order valence-corrected chi connectivity index (χ4v) is 5.10. The molecule has 0 radical (unpaired) electrons. The predicted molar refractivity (Wildman–Crippen MR) is 119 cm³/mol. The molecular weight excluding hydrogens is 476 g/mol. The third-order valence-corrected chi connectivity index (χ3v) is 7.58. The van der Waals surface area contributed by atoms with Crippen LogP contribution in [0.5, 0.6) is 0 Å². The van der Waals surface area contributed by atoms with Gasteiger partial charge in [0.2, 0.25) is 21.8 Å². The Morgan fingerprint density at radius 1 is 1.03 bits per heavy atom. The second-order valence-corrected chi connectivity index (χ2v) is 10.1. The Kier molecular flexibility index (Phi) is 8.04. The molecule has 1 saturated heterocycles. The number of rotatable bonds is 7. The lowest BCUT2D eigenvalue weighted by atomic mass is 10.1. The van der Waals surface area contributed by atoms with Gasteiger partial charge in [0.1, 0.15) is 11.6 Å². The number of hydrogen-bond acceptors (Lipinski definition) is 4. The fourth-order valence-electron chi connectivity index (χ4n) is 3.56. The predicted octanol–water partition coefficient (Wildman–Crippen LogP) is 3.11. The summed E-state index contributed by atoms with van der Waals surface area (Å²) in [4.78, 5) is 26.3. The summed E-state index contributed by atoms with van der Waals surface area (Å²) in [7, 11) is -3.68. The lowest BCUT2D eigenvalue weighted by Crippen LogP contribution is -2.50. The monoisotopic (exact) mass is 499 g/mol. The summed E-state index contributed by atoms with van der Waals surface area (Å²) in [6, 6.07) is 8.31. The maximum absolute atomic E-state index is 13.8. The van der Waals surface area contributed by atoms with Gasteiger partial charge >= 0.3 is 0 Å². The lowest BCUT2D eigenvalue weighted by Gasteiger charge is -2.34. The van der Waals surface area contributed by atoms with E-state index in [-0.39, 0.29) is 55.4 Å². The smallest absolute Gasteiger partial charge is 0.243 e. The van der Waals surface area contributed by atoms with Crippen molar-refractivity contribution >= 4 is 33.4 Å². The Bertz CT molecular complexity index is 1120. The van der Waals surface area contributed by atoms with Crippen LogP contribution in [0.25, 0.3) is 0 Å². The average Bonchev–Trinajstić information content (AvgIpc) is 2.77.